The van der Waals surface area contributed by atoms with Crippen LogP contribution in [0.4, 0.5) is 0 Å². The van der Waals surface area contributed by atoms with Gasteiger partial charge in [0, 0.05) is 45.4 Å². The molecule has 0 aliphatic carbocycles. The summed E-state index contributed by atoms with van der Waals surface area (Å²) in [5.74, 6) is 0. The van der Waals surface area contributed by atoms with Crippen molar-refractivity contribution >= 4 is 0 Å². The van der Waals surface area contributed by atoms with Crippen molar-refractivity contribution in [3.8, 4) is 0 Å². The molecule has 0 aromatic carbocycles. The molecule has 3 nitrogen and oxygen atoms in total. The zero-order chi connectivity index (χ0) is 13.6. The van der Waals surface area contributed by atoms with Gasteiger partial charge in [-0.1, -0.05) is 34.1 Å². The zero-order valence-corrected chi connectivity index (χ0v) is 13.0. The van der Waals surface area contributed by atoms with E-state index in [2.05, 4.69) is 37.9 Å². The van der Waals surface area contributed by atoms with Gasteiger partial charge in [-0.2, -0.15) is 0 Å². The molecule has 0 bridgehead atoms. The number of methoxy groups -OCH3 is 1. The third kappa shape index (κ3) is 4.87. The van der Waals surface area contributed by atoms with E-state index in [1.807, 2.05) is 0 Å². The normalized spacial score (nSPS) is 26.5. The predicted octanol–water partition coefficient (Wildman–Crippen LogP) is 2.51. The average Bonchev–Trinajstić information content (AvgIpc) is 2.30. The first kappa shape index (κ1) is 15.9. The van der Waals surface area contributed by atoms with Crippen LogP contribution < -0.4 is 5.32 Å². The van der Waals surface area contributed by atoms with Gasteiger partial charge < -0.3 is 10.1 Å². The maximum absolute atomic E-state index is 5.18. The van der Waals surface area contributed by atoms with Crippen molar-refractivity contribution in [2.75, 3.05) is 33.4 Å². The molecule has 2 atom stereocenters. The Bertz CT molecular complexity index is 225. The van der Waals surface area contributed by atoms with Crippen molar-refractivity contribution in [3.63, 3.8) is 0 Å². The smallest absolute Gasteiger partial charge is 0.0474 e. The maximum Gasteiger partial charge on any atom is 0.0474 e. The number of hydrogen-bond acceptors (Lipinski definition) is 3. The Morgan fingerprint density at radius 1 is 1.33 bits per heavy atom. The van der Waals surface area contributed by atoms with Crippen molar-refractivity contribution < 1.29 is 4.74 Å². The highest BCUT2D eigenvalue weighted by Gasteiger charge is 2.33. The van der Waals surface area contributed by atoms with Gasteiger partial charge in [-0.15, -0.1) is 0 Å². The molecule has 1 aliphatic heterocycles. The van der Waals surface area contributed by atoms with E-state index in [0.29, 0.717) is 17.5 Å². The molecule has 0 spiro atoms. The summed E-state index contributed by atoms with van der Waals surface area (Å²) in [7, 11) is 1.79. The van der Waals surface area contributed by atoms with E-state index < -0.39 is 0 Å². The number of nitrogens with one attached hydrogen (secondary N) is 1. The summed E-state index contributed by atoms with van der Waals surface area (Å²) < 4.78 is 5.18. The molecule has 108 valence electrons. The van der Waals surface area contributed by atoms with E-state index in [4.69, 9.17) is 4.74 Å². The van der Waals surface area contributed by atoms with Crippen LogP contribution in [0.15, 0.2) is 0 Å². The van der Waals surface area contributed by atoms with Gasteiger partial charge in [0.2, 0.25) is 0 Å². The molecule has 3 heteroatoms. The van der Waals surface area contributed by atoms with Crippen molar-refractivity contribution in [2.24, 2.45) is 5.41 Å². The van der Waals surface area contributed by atoms with Crippen LogP contribution in [0.25, 0.3) is 0 Å². The Morgan fingerprint density at radius 2 is 2.06 bits per heavy atom. The molecule has 0 saturated carbocycles. The van der Waals surface area contributed by atoms with Gasteiger partial charge in [0.05, 0.1) is 0 Å². The second-order valence-corrected chi connectivity index (χ2v) is 6.61. The third-order valence-electron chi connectivity index (χ3n) is 3.99. The Kier molecular flexibility index (Phi) is 6.61. The molecule has 1 rings (SSSR count). The third-order valence-corrected chi connectivity index (χ3v) is 3.99. The van der Waals surface area contributed by atoms with Gasteiger partial charge >= 0.3 is 0 Å². The van der Waals surface area contributed by atoms with E-state index >= 15 is 0 Å². The zero-order valence-electron chi connectivity index (χ0n) is 13.0. The Balaban J connectivity index is 2.52. The molecule has 0 radical (unpaired) electrons. The predicted molar refractivity (Wildman–Crippen MR) is 78.0 cm³/mol. The van der Waals surface area contributed by atoms with Gasteiger partial charge in [-0.3, -0.25) is 4.90 Å². The van der Waals surface area contributed by atoms with Crippen LogP contribution >= 0.6 is 0 Å². The van der Waals surface area contributed by atoms with Crippen molar-refractivity contribution in [1.82, 2.24) is 10.2 Å². The van der Waals surface area contributed by atoms with Crippen LogP contribution in [0.1, 0.15) is 47.0 Å². The lowest BCUT2D eigenvalue weighted by atomic mass is 9.84. The molecule has 18 heavy (non-hydrogen) atoms. The Morgan fingerprint density at radius 3 is 2.61 bits per heavy atom. The molecule has 1 N–H and O–H groups in total. The average molecular weight is 256 g/mol. The van der Waals surface area contributed by atoms with E-state index in [-0.39, 0.29) is 0 Å². The van der Waals surface area contributed by atoms with Gasteiger partial charge in [-0.25, -0.2) is 0 Å². The first-order valence-electron chi connectivity index (χ1n) is 7.45. The van der Waals surface area contributed by atoms with Crippen LogP contribution in [0.5, 0.6) is 0 Å². The number of nitrogens with zero attached hydrogens (tertiary/aromatic N) is 1. The Hall–Kier alpha value is -0.120. The molecule has 1 saturated heterocycles. The lowest BCUT2D eigenvalue weighted by Crippen LogP contribution is -2.60. The molecule has 1 fully saturated rings. The lowest BCUT2D eigenvalue weighted by Gasteiger charge is -2.45. The first-order chi connectivity index (χ1) is 8.49. The summed E-state index contributed by atoms with van der Waals surface area (Å²) in [5, 5.41) is 3.74. The van der Waals surface area contributed by atoms with Gasteiger partial charge in [0.25, 0.3) is 0 Å². The molecule has 0 aromatic heterocycles. The van der Waals surface area contributed by atoms with Crippen LogP contribution in [0.3, 0.4) is 0 Å². The van der Waals surface area contributed by atoms with E-state index in [9.17, 15) is 0 Å². The highest BCUT2D eigenvalue weighted by molar-refractivity contribution is 4.91. The van der Waals surface area contributed by atoms with E-state index in [1.54, 1.807) is 7.11 Å². The minimum Gasteiger partial charge on any atom is -0.385 e. The molecular formula is C15H32N2O. The monoisotopic (exact) mass is 256 g/mol. The summed E-state index contributed by atoms with van der Waals surface area (Å²) in [6, 6.07) is 1.32. The summed E-state index contributed by atoms with van der Waals surface area (Å²) in [6.07, 6.45) is 3.72. The Labute approximate surface area is 113 Å². The topological polar surface area (TPSA) is 24.5 Å². The fourth-order valence-electron chi connectivity index (χ4n) is 2.74. The van der Waals surface area contributed by atoms with Crippen LogP contribution in [0.2, 0.25) is 0 Å². The standard InChI is InChI=1S/C15H32N2O/c1-6-8-13-11-16-14(15(2,3)4)12-17(13)9-7-10-18-5/h13-14,16H,6-12H2,1-5H3. The van der Waals surface area contributed by atoms with Crippen molar-refractivity contribution in [2.45, 2.75) is 59.0 Å². The SMILES string of the molecule is CCCC1CNC(C(C)(C)C)CN1CCCOC. The molecular weight excluding hydrogens is 224 g/mol. The second-order valence-electron chi connectivity index (χ2n) is 6.61. The van der Waals surface area contributed by atoms with Crippen molar-refractivity contribution in [3.05, 3.63) is 0 Å². The van der Waals surface area contributed by atoms with Crippen molar-refractivity contribution in [1.29, 1.82) is 0 Å². The number of hydrogen-bond donors (Lipinski definition) is 1. The highest BCUT2D eigenvalue weighted by atomic mass is 16.5. The number of ether oxygens (including phenoxy) is 1. The van der Waals surface area contributed by atoms with E-state index in [0.717, 1.165) is 19.6 Å². The summed E-state index contributed by atoms with van der Waals surface area (Å²) in [5.41, 5.74) is 0.344. The number of rotatable bonds is 6. The van der Waals surface area contributed by atoms with E-state index in [1.165, 1.54) is 25.9 Å². The highest BCUT2D eigenvalue weighted by Crippen LogP contribution is 2.24. The molecule has 1 aliphatic rings. The maximum atomic E-state index is 5.18. The largest absolute Gasteiger partial charge is 0.385 e. The minimum absolute atomic E-state index is 0.344. The van der Waals surface area contributed by atoms with Gasteiger partial charge in [-0.05, 0) is 18.3 Å². The quantitative estimate of drug-likeness (QED) is 0.739. The van der Waals surface area contributed by atoms with Gasteiger partial charge in [0.1, 0.15) is 0 Å². The fourth-order valence-corrected chi connectivity index (χ4v) is 2.74. The number of piperazine rings is 1. The van der Waals surface area contributed by atoms with Gasteiger partial charge in [0.15, 0.2) is 0 Å². The van der Waals surface area contributed by atoms with Crippen LogP contribution in [-0.2, 0) is 4.74 Å². The molecule has 0 amide bonds. The molecule has 2 unspecified atom stereocenters. The molecule has 1 heterocycles. The summed E-state index contributed by atoms with van der Waals surface area (Å²) in [6.45, 7) is 13.6. The second kappa shape index (κ2) is 7.46. The first-order valence-corrected chi connectivity index (χ1v) is 7.45. The fraction of sp³-hybridized carbons (Fsp3) is 1.00. The van der Waals surface area contributed by atoms with Crippen LogP contribution in [0, 0.1) is 5.41 Å². The summed E-state index contributed by atoms with van der Waals surface area (Å²) >= 11 is 0. The summed E-state index contributed by atoms with van der Waals surface area (Å²) in [4.78, 5) is 2.68. The lowest BCUT2D eigenvalue weighted by molar-refractivity contribution is 0.0715. The molecule has 0 aromatic rings. The van der Waals surface area contributed by atoms with Crippen LogP contribution in [-0.4, -0.2) is 50.3 Å². The minimum atomic E-state index is 0.344.